The van der Waals surface area contributed by atoms with Gasteiger partial charge in [-0.1, -0.05) is 15.9 Å². The molecule has 6 heteroatoms. The van der Waals surface area contributed by atoms with Gasteiger partial charge in [-0.3, -0.25) is 0 Å². The zero-order valence-corrected chi connectivity index (χ0v) is 12.2. The Morgan fingerprint density at radius 3 is 3.05 bits per heavy atom. The van der Waals surface area contributed by atoms with E-state index in [1.807, 2.05) is 18.2 Å². The maximum atomic E-state index is 5.48. The van der Waals surface area contributed by atoms with E-state index in [-0.39, 0.29) is 0 Å². The second kappa shape index (κ2) is 5.30. The summed E-state index contributed by atoms with van der Waals surface area (Å²) in [4.78, 5) is 0. The van der Waals surface area contributed by atoms with Gasteiger partial charge >= 0.3 is 0 Å². The number of benzene rings is 1. The maximum Gasteiger partial charge on any atom is 0.165 e. The fourth-order valence-electron chi connectivity index (χ4n) is 2.18. The van der Waals surface area contributed by atoms with Crippen LogP contribution in [0.25, 0.3) is 11.4 Å². The van der Waals surface area contributed by atoms with Gasteiger partial charge in [-0.25, -0.2) is 0 Å². The summed E-state index contributed by atoms with van der Waals surface area (Å²) in [6.07, 6.45) is 0.800. The smallest absolute Gasteiger partial charge is 0.165 e. The topological polar surface area (TPSA) is 49.2 Å². The number of ether oxygens (including phenoxy) is 2. The van der Waals surface area contributed by atoms with E-state index in [4.69, 9.17) is 9.47 Å². The van der Waals surface area contributed by atoms with Crippen molar-refractivity contribution in [1.29, 1.82) is 0 Å². The number of fused-ring (bicyclic) bond motifs is 1. The summed E-state index contributed by atoms with van der Waals surface area (Å²) in [5, 5.41) is 8.58. The summed E-state index contributed by atoms with van der Waals surface area (Å²) in [6, 6.07) is 5.84. The van der Waals surface area contributed by atoms with Crippen LogP contribution in [-0.2, 0) is 17.7 Å². The fraction of sp³-hybridized carbons (Fsp3) is 0.385. The molecule has 5 nitrogen and oxygen atoms in total. The van der Waals surface area contributed by atoms with Crippen molar-refractivity contribution in [3.63, 3.8) is 0 Å². The third-order valence-corrected chi connectivity index (χ3v) is 3.86. The van der Waals surface area contributed by atoms with Crippen molar-refractivity contribution in [3.05, 3.63) is 28.5 Å². The van der Waals surface area contributed by atoms with Crippen LogP contribution in [0, 0.1) is 0 Å². The largest absolute Gasteiger partial charge is 0.497 e. The lowest BCUT2D eigenvalue weighted by Crippen LogP contribution is -2.06. The number of rotatable bonds is 2. The first-order chi connectivity index (χ1) is 9.29. The molecule has 0 unspecified atom stereocenters. The van der Waals surface area contributed by atoms with Gasteiger partial charge in [-0.05, 0) is 18.2 Å². The zero-order valence-electron chi connectivity index (χ0n) is 10.6. The Morgan fingerprint density at radius 1 is 1.32 bits per heavy atom. The Balaban J connectivity index is 2.09. The number of aromatic nitrogens is 3. The minimum absolute atomic E-state index is 0.694. The molecule has 0 saturated carbocycles. The van der Waals surface area contributed by atoms with Crippen LogP contribution in [0.2, 0.25) is 0 Å². The van der Waals surface area contributed by atoms with Crippen LogP contribution in [0.3, 0.4) is 0 Å². The molecule has 2 aromatic rings. The highest BCUT2D eigenvalue weighted by Gasteiger charge is 2.18. The molecule has 0 saturated heterocycles. The highest BCUT2D eigenvalue weighted by atomic mass is 79.9. The number of nitrogens with zero attached hydrogens (tertiary/aromatic N) is 3. The Morgan fingerprint density at radius 2 is 2.21 bits per heavy atom. The van der Waals surface area contributed by atoms with Crippen LogP contribution < -0.4 is 4.74 Å². The molecule has 1 aliphatic rings. The van der Waals surface area contributed by atoms with Crippen molar-refractivity contribution in [2.75, 3.05) is 20.3 Å². The van der Waals surface area contributed by atoms with Crippen molar-refractivity contribution in [3.8, 4) is 17.1 Å². The van der Waals surface area contributed by atoms with Crippen LogP contribution in [0.1, 0.15) is 5.82 Å². The van der Waals surface area contributed by atoms with E-state index in [0.717, 1.165) is 40.4 Å². The number of hydrogen-bond donors (Lipinski definition) is 0. The van der Waals surface area contributed by atoms with E-state index in [9.17, 15) is 0 Å². The highest BCUT2D eigenvalue weighted by Crippen LogP contribution is 2.31. The van der Waals surface area contributed by atoms with Gasteiger partial charge < -0.3 is 14.0 Å². The number of hydrogen-bond acceptors (Lipinski definition) is 4. The average Bonchev–Trinajstić information content (AvgIpc) is 2.68. The Hall–Kier alpha value is -1.40. The Labute approximate surface area is 119 Å². The monoisotopic (exact) mass is 323 g/mol. The molecular weight excluding hydrogens is 310 g/mol. The Kier molecular flexibility index (Phi) is 3.52. The van der Waals surface area contributed by atoms with Gasteiger partial charge in [-0.2, -0.15) is 0 Å². The zero-order chi connectivity index (χ0) is 13.2. The molecule has 1 aromatic heterocycles. The molecule has 100 valence electrons. The normalized spacial score (nSPS) is 14.8. The van der Waals surface area contributed by atoms with Crippen LogP contribution in [0.4, 0.5) is 0 Å². The van der Waals surface area contributed by atoms with Crippen molar-refractivity contribution in [1.82, 2.24) is 14.8 Å². The van der Waals surface area contributed by atoms with E-state index in [0.29, 0.717) is 13.2 Å². The molecule has 0 spiro atoms. The van der Waals surface area contributed by atoms with Gasteiger partial charge in [0.05, 0.1) is 20.3 Å². The number of halogens is 1. The minimum Gasteiger partial charge on any atom is -0.497 e. The maximum absolute atomic E-state index is 5.48. The lowest BCUT2D eigenvalue weighted by Gasteiger charge is -2.09. The SMILES string of the molecule is COc1ccc(Br)c(-c2nnc3n2CCOCC3)c1. The van der Waals surface area contributed by atoms with Gasteiger partial charge in [0.25, 0.3) is 0 Å². The van der Waals surface area contributed by atoms with Gasteiger partial charge in [-0.15, -0.1) is 10.2 Å². The first kappa shape index (κ1) is 12.6. The predicted octanol–water partition coefficient (Wildman–Crippen LogP) is 2.29. The third-order valence-electron chi connectivity index (χ3n) is 3.17. The molecule has 2 heterocycles. The van der Waals surface area contributed by atoms with Crippen LogP contribution in [0.15, 0.2) is 22.7 Å². The minimum atomic E-state index is 0.694. The standard InChI is InChI=1S/C13H14BrN3O2/c1-18-9-2-3-11(14)10(8-9)13-16-15-12-4-6-19-7-5-17(12)13/h2-3,8H,4-7H2,1H3. The molecule has 3 rings (SSSR count). The van der Waals surface area contributed by atoms with E-state index in [1.54, 1.807) is 7.11 Å². The molecule has 19 heavy (non-hydrogen) atoms. The van der Waals surface area contributed by atoms with Crippen LogP contribution in [-0.4, -0.2) is 35.1 Å². The molecule has 0 N–H and O–H groups in total. The van der Waals surface area contributed by atoms with Gasteiger partial charge in [0.1, 0.15) is 11.6 Å². The van der Waals surface area contributed by atoms with Crippen molar-refractivity contribution in [2.24, 2.45) is 0 Å². The highest BCUT2D eigenvalue weighted by molar-refractivity contribution is 9.10. The molecule has 0 radical (unpaired) electrons. The summed E-state index contributed by atoms with van der Waals surface area (Å²) >= 11 is 3.56. The molecule has 0 amide bonds. The lowest BCUT2D eigenvalue weighted by atomic mass is 10.2. The quantitative estimate of drug-likeness (QED) is 0.850. The number of methoxy groups -OCH3 is 1. The Bertz CT molecular complexity index is 598. The molecule has 1 aliphatic heterocycles. The first-order valence-electron chi connectivity index (χ1n) is 6.13. The second-order valence-electron chi connectivity index (χ2n) is 4.30. The van der Waals surface area contributed by atoms with E-state index < -0.39 is 0 Å². The van der Waals surface area contributed by atoms with Crippen LogP contribution in [0.5, 0.6) is 5.75 Å². The van der Waals surface area contributed by atoms with Crippen molar-refractivity contribution < 1.29 is 9.47 Å². The van der Waals surface area contributed by atoms with Gasteiger partial charge in [0.2, 0.25) is 0 Å². The van der Waals surface area contributed by atoms with Gasteiger partial charge in [0, 0.05) is 23.0 Å². The molecule has 0 fully saturated rings. The van der Waals surface area contributed by atoms with Crippen molar-refractivity contribution in [2.45, 2.75) is 13.0 Å². The lowest BCUT2D eigenvalue weighted by molar-refractivity contribution is 0.140. The van der Waals surface area contributed by atoms with E-state index in [2.05, 4.69) is 30.7 Å². The molecule has 0 atom stereocenters. The first-order valence-corrected chi connectivity index (χ1v) is 6.92. The van der Waals surface area contributed by atoms with E-state index >= 15 is 0 Å². The second-order valence-corrected chi connectivity index (χ2v) is 5.15. The molecule has 0 aliphatic carbocycles. The van der Waals surface area contributed by atoms with Gasteiger partial charge in [0.15, 0.2) is 5.82 Å². The molecular formula is C13H14BrN3O2. The summed E-state index contributed by atoms with van der Waals surface area (Å²) < 4.78 is 13.8. The summed E-state index contributed by atoms with van der Waals surface area (Å²) in [7, 11) is 1.66. The van der Waals surface area contributed by atoms with Crippen molar-refractivity contribution >= 4 is 15.9 Å². The molecule has 1 aromatic carbocycles. The predicted molar refractivity (Wildman–Crippen MR) is 74.2 cm³/mol. The fourth-order valence-corrected chi connectivity index (χ4v) is 2.60. The molecule has 0 bridgehead atoms. The van der Waals surface area contributed by atoms with E-state index in [1.165, 1.54) is 0 Å². The summed E-state index contributed by atoms with van der Waals surface area (Å²) in [5.41, 5.74) is 0.986. The third kappa shape index (κ3) is 2.37. The van der Waals surface area contributed by atoms with Crippen LogP contribution >= 0.6 is 15.9 Å². The summed E-state index contributed by atoms with van der Waals surface area (Å²) in [5.74, 6) is 2.63. The summed E-state index contributed by atoms with van der Waals surface area (Å²) in [6.45, 7) is 2.18. The average molecular weight is 324 g/mol.